The Morgan fingerprint density at radius 1 is 1.17 bits per heavy atom. The summed E-state index contributed by atoms with van der Waals surface area (Å²) >= 11 is 0. The maximum atomic E-state index is 4.38. The van der Waals surface area contributed by atoms with Gasteiger partial charge in [-0.25, -0.2) is 9.97 Å². The van der Waals surface area contributed by atoms with Crippen LogP contribution in [-0.4, -0.2) is 26.2 Å². The molecule has 88 valence electrons. The minimum Gasteiger partial charge on any atom is -0.344 e. The maximum absolute atomic E-state index is 4.38. The van der Waals surface area contributed by atoms with E-state index in [1.807, 2.05) is 24.3 Å². The molecule has 0 atom stereocenters. The van der Waals surface area contributed by atoms with E-state index in [-0.39, 0.29) is 0 Å². The van der Waals surface area contributed by atoms with E-state index in [0.717, 1.165) is 16.7 Å². The quantitative estimate of drug-likeness (QED) is 0.538. The molecule has 3 aromatic rings. The molecule has 0 spiro atoms. The monoisotopic (exact) mass is 238 g/mol. The number of hydrogen-bond donors (Lipinski definition) is 2. The summed E-state index contributed by atoms with van der Waals surface area (Å²) in [6.07, 6.45) is 6.55. The summed E-state index contributed by atoms with van der Waals surface area (Å²) in [6, 6.07) is 7.68. The van der Waals surface area contributed by atoms with Crippen LogP contribution < -0.4 is 5.43 Å². The van der Waals surface area contributed by atoms with E-state index < -0.39 is 0 Å². The summed E-state index contributed by atoms with van der Waals surface area (Å²) < 4.78 is 0. The number of nitrogens with zero attached hydrogens (tertiary/aromatic N) is 4. The molecule has 6 nitrogen and oxygen atoms in total. The molecule has 2 aromatic heterocycles. The van der Waals surface area contributed by atoms with E-state index in [0.29, 0.717) is 5.82 Å². The molecule has 2 heterocycles. The lowest BCUT2D eigenvalue weighted by atomic mass is 10.3. The molecule has 0 fully saturated rings. The Morgan fingerprint density at radius 2 is 2.06 bits per heavy atom. The maximum Gasteiger partial charge on any atom is 0.165 e. The molecule has 18 heavy (non-hydrogen) atoms. The Hall–Kier alpha value is -2.76. The first-order valence-corrected chi connectivity index (χ1v) is 5.41. The molecular formula is C12H10N6. The van der Waals surface area contributed by atoms with Crippen molar-refractivity contribution in [2.75, 3.05) is 5.43 Å². The highest BCUT2D eigenvalue weighted by atomic mass is 15.3. The highest BCUT2D eigenvalue weighted by Crippen LogP contribution is 2.10. The third-order valence-electron chi connectivity index (χ3n) is 2.35. The number of nitrogens with one attached hydrogen (secondary N) is 2. The highest BCUT2D eigenvalue weighted by Gasteiger charge is 1.97. The van der Waals surface area contributed by atoms with Gasteiger partial charge in [0.05, 0.1) is 41.7 Å². The van der Waals surface area contributed by atoms with E-state index in [1.165, 1.54) is 0 Å². The zero-order chi connectivity index (χ0) is 12.2. The SMILES string of the molecule is C(=N\Nc1cnc2ccccc2n1)/c1cnc[nH]1. The molecule has 0 saturated carbocycles. The van der Waals surface area contributed by atoms with Gasteiger partial charge in [0.25, 0.3) is 0 Å². The minimum atomic E-state index is 0.601. The predicted molar refractivity (Wildman–Crippen MR) is 69.3 cm³/mol. The van der Waals surface area contributed by atoms with Crippen LogP contribution >= 0.6 is 0 Å². The highest BCUT2D eigenvalue weighted by molar-refractivity contribution is 5.78. The van der Waals surface area contributed by atoms with Crippen LogP contribution in [0.25, 0.3) is 11.0 Å². The average molecular weight is 238 g/mol. The first-order valence-electron chi connectivity index (χ1n) is 5.41. The number of benzene rings is 1. The van der Waals surface area contributed by atoms with Crippen molar-refractivity contribution >= 4 is 23.1 Å². The van der Waals surface area contributed by atoms with Crippen LogP contribution in [0, 0.1) is 0 Å². The Labute approximate surface area is 103 Å². The summed E-state index contributed by atoms with van der Waals surface area (Å²) in [5, 5.41) is 4.04. The molecular weight excluding hydrogens is 228 g/mol. The van der Waals surface area contributed by atoms with Gasteiger partial charge in [0.15, 0.2) is 5.82 Å². The number of aromatic nitrogens is 4. The number of aromatic amines is 1. The van der Waals surface area contributed by atoms with Gasteiger partial charge in [0.2, 0.25) is 0 Å². The van der Waals surface area contributed by atoms with Gasteiger partial charge < -0.3 is 4.98 Å². The van der Waals surface area contributed by atoms with Crippen molar-refractivity contribution < 1.29 is 0 Å². The molecule has 0 aliphatic carbocycles. The third kappa shape index (κ3) is 2.17. The fourth-order valence-electron chi connectivity index (χ4n) is 1.52. The van der Waals surface area contributed by atoms with Gasteiger partial charge >= 0.3 is 0 Å². The fraction of sp³-hybridized carbons (Fsp3) is 0. The lowest BCUT2D eigenvalue weighted by molar-refractivity contribution is 1.21. The molecule has 2 N–H and O–H groups in total. The van der Waals surface area contributed by atoms with Crippen molar-refractivity contribution in [3.05, 3.63) is 48.7 Å². The minimum absolute atomic E-state index is 0.601. The topological polar surface area (TPSA) is 78.8 Å². The zero-order valence-electron chi connectivity index (χ0n) is 9.41. The number of para-hydroxylation sites is 2. The number of hydrogen-bond acceptors (Lipinski definition) is 5. The van der Waals surface area contributed by atoms with Gasteiger partial charge in [-0.05, 0) is 12.1 Å². The summed E-state index contributed by atoms with van der Waals surface area (Å²) in [7, 11) is 0. The first-order chi connectivity index (χ1) is 8.92. The molecule has 6 heteroatoms. The van der Waals surface area contributed by atoms with Crippen molar-refractivity contribution in [1.29, 1.82) is 0 Å². The second kappa shape index (κ2) is 4.62. The molecule has 0 radical (unpaired) electrons. The normalized spacial score (nSPS) is 11.1. The average Bonchev–Trinajstić information content (AvgIpc) is 2.92. The lowest BCUT2D eigenvalue weighted by Gasteiger charge is -2.00. The van der Waals surface area contributed by atoms with Crippen molar-refractivity contribution in [3.8, 4) is 0 Å². The van der Waals surface area contributed by atoms with Crippen LogP contribution in [0.5, 0.6) is 0 Å². The van der Waals surface area contributed by atoms with Crippen LogP contribution in [-0.2, 0) is 0 Å². The molecule has 0 aliphatic rings. The summed E-state index contributed by atoms with van der Waals surface area (Å²) in [4.78, 5) is 15.5. The van der Waals surface area contributed by atoms with Crippen molar-refractivity contribution in [3.63, 3.8) is 0 Å². The Bertz CT molecular complexity index is 674. The number of rotatable bonds is 3. The largest absolute Gasteiger partial charge is 0.344 e. The van der Waals surface area contributed by atoms with Crippen molar-refractivity contribution in [2.24, 2.45) is 5.10 Å². The Kier molecular flexibility index (Phi) is 2.67. The Morgan fingerprint density at radius 3 is 2.89 bits per heavy atom. The van der Waals surface area contributed by atoms with Crippen molar-refractivity contribution in [2.45, 2.75) is 0 Å². The number of fused-ring (bicyclic) bond motifs is 1. The number of hydrazone groups is 1. The van der Waals surface area contributed by atoms with Gasteiger partial charge in [0.1, 0.15) is 0 Å². The Balaban J connectivity index is 1.78. The van der Waals surface area contributed by atoms with Crippen molar-refractivity contribution in [1.82, 2.24) is 19.9 Å². The van der Waals surface area contributed by atoms with Crippen LogP contribution in [0.2, 0.25) is 0 Å². The second-order valence-corrected chi connectivity index (χ2v) is 3.62. The molecule has 0 amide bonds. The molecule has 3 rings (SSSR count). The molecule has 1 aromatic carbocycles. The first kappa shape index (κ1) is 10.4. The van der Waals surface area contributed by atoms with E-state index in [1.54, 1.807) is 24.9 Å². The van der Waals surface area contributed by atoms with Gasteiger partial charge in [0, 0.05) is 0 Å². The van der Waals surface area contributed by atoms with Crippen LogP contribution in [0.3, 0.4) is 0 Å². The number of anilines is 1. The van der Waals surface area contributed by atoms with Crippen LogP contribution in [0.1, 0.15) is 5.69 Å². The van der Waals surface area contributed by atoms with E-state index >= 15 is 0 Å². The second-order valence-electron chi connectivity index (χ2n) is 3.62. The number of H-pyrrole nitrogens is 1. The summed E-state index contributed by atoms with van der Waals surface area (Å²) in [5.74, 6) is 0.601. The molecule has 0 unspecified atom stereocenters. The molecule has 0 bridgehead atoms. The van der Waals surface area contributed by atoms with Crippen LogP contribution in [0.4, 0.5) is 5.82 Å². The zero-order valence-corrected chi connectivity index (χ0v) is 9.41. The summed E-state index contributed by atoms with van der Waals surface area (Å²) in [6.45, 7) is 0. The smallest absolute Gasteiger partial charge is 0.165 e. The van der Waals surface area contributed by atoms with E-state index in [2.05, 4.69) is 30.5 Å². The molecule has 0 saturated heterocycles. The van der Waals surface area contributed by atoms with Gasteiger partial charge in [-0.2, -0.15) is 5.10 Å². The third-order valence-corrected chi connectivity index (χ3v) is 2.35. The van der Waals surface area contributed by atoms with Gasteiger partial charge in [-0.1, -0.05) is 12.1 Å². The lowest BCUT2D eigenvalue weighted by Crippen LogP contribution is -1.95. The van der Waals surface area contributed by atoms with Crippen LogP contribution in [0.15, 0.2) is 48.1 Å². The van der Waals surface area contributed by atoms with E-state index in [4.69, 9.17) is 0 Å². The van der Waals surface area contributed by atoms with Gasteiger partial charge in [-0.15, -0.1) is 0 Å². The fourth-order valence-corrected chi connectivity index (χ4v) is 1.52. The standard InChI is InChI=1S/C12H10N6/c1-2-4-11-10(3-1)14-7-12(17-11)18-16-6-9-5-13-8-15-9/h1-8H,(H,13,15)(H,17,18)/b16-6+. The number of imidazole rings is 1. The van der Waals surface area contributed by atoms with E-state index in [9.17, 15) is 0 Å². The molecule has 0 aliphatic heterocycles. The van der Waals surface area contributed by atoms with Gasteiger partial charge in [-0.3, -0.25) is 10.4 Å². The summed E-state index contributed by atoms with van der Waals surface area (Å²) in [5.41, 5.74) is 5.33. The predicted octanol–water partition coefficient (Wildman–Crippen LogP) is 1.80.